The van der Waals surface area contributed by atoms with E-state index in [0.29, 0.717) is 12.8 Å². The summed E-state index contributed by atoms with van der Waals surface area (Å²) in [5.41, 5.74) is -1.20. The summed E-state index contributed by atoms with van der Waals surface area (Å²) in [5.74, 6) is -0.995. The quantitative estimate of drug-likeness (QED) is 0.627. The van der Waals surface area contributed by atoms with Gasteiger partial charge in [0.15, 0.2) is 5.54 Å². The Hall–Kier alpha value is -1.10. The highest BCUT2D eigenvalue weighted by atomic mass is 16.5. The zero-order valence-electron chi connectivity index (χ0n) is 9.10. The maximum atomic E-state index is 11.3. The molecule has 1 unspecified atom stereocenters. The number of ether oxygens (including phenoxy) is 1. The molecule has 0 aromatic carbocycles. The van der Waals surface area contributed by atoms with Crippen LogP contribution in [0.1, 0.15) is 26.2 Å². The molecule has 1 saturated carbocycles. The standard InChI is InChI=1S/C10H17NO4/c1-3-10(6-15-2,9(13)14)11(7-12)8-4-5-8/h7-8H,3-6H2,1-2H3,(H,13,14). The van der Waals surface area contributed by atoms with E-state index >= 15 is 0 Å². The molecule has 0 saturated heterocycles. The summed E-state index contributed by atoms with van der Waals surface area (Å²) in [4.78, 5) is 23.7. The number of rotatable bonds is 7. The molecule has 0 aromatic rings. The minimum Gasteiger partial charge on any atom is -0.479 e. The molecule has 86 valence electrons. The van der Waals surface area contributed by atoms with Gasteiger partial charge in [-0.2, -0.15) is 0 Å². The fourth-order valence-corrected chi connectivity index (χ4v) is 1.81. The van der Waals surface area contributed by atoms with Gasteiger partial charge in [0.05, 0.1) is 6.61 Å². The Kier molecular flexibility index (Phi) is 3.68. The first-order valence-corrected chi connectivity index (χ1v) is 5.08. The predicted molar refractivity (Wildman–Crippen MR) is 53.5 cm³/mol. The van der Waals surface area contributed by atoms with Crippen molar-refractivity contribution in [2.45, 2.75) is 37.8 Å². The molecule has 5 heteroatoms. The summed E-state index contributed by atoms with van der Waals surface area (Å²) in [6.07, 6.45) is 2.76. The molecular formula is C10H17NO4. The zero-order chi connectivity index (χ0) is 11.5. The van der Waals surface area contributed by atoms with E-state index in [4.69, 9.17) is 4.74 Å². The first kappa shape index (κ1) is 12.0. The number of methoxy groups -OCH3 is 1. The van der Waals surface area contributed by atoms with E-state index in [1.165, 1.54) is 12.0 Å². The summed E-state index contributed by atoms with van der Waals surface area (Å²) in [6, 6.07) is 0.0775. The zero-order valence-corrected chi connectivity index (χ0v) is 9.10. The topological polar surface area (TPSA) is 66.8 Å². The van der Waals surface area contributed by atoms with E-state index in [1.807, 2.05) is 0 Å². The lowest BCUT2D eigenvalue weighted by molar-refractivity contribution is -0.160. The van der Waals surface area contributed by atoms with Crippen LogP contribution in [0.15, 0.2) is 0 Å². The van der Waals surface area contributed by atoms with Crippen molar-refractivity contribution in [2.75, 3.05) is 13.7 Å². The number of nitrogens with zero attached hydrogens (tertiary/aromatic N) is 1. The lowest BCUT2D eigenvalue weighted by atomic mass is 9.95. The van der Waals surface area contributed by atoms with Gasteiger partial charge in [-0.1, -0.05) is 6.92 Å². The molecule has 5 nitrogen and oxygen atoms in total. The van der Waals surface area contributed by atoms with Crippen LogP contribution in [0.3, 0.4) is 0 Å². The molecule has 0 heterocycles. The van der Waals surface area contributed by atoms with Gasteiger partial charge in [-0.3, -0.25) is 4.79 Å². The third-order valence-electron chi connectivity index (χ3n) is 2.91. The highest BCUT2D eigenvalue weighted by Crippen LogP contribution is 2.33. The second-order valence-corrected chi connectivity index (χ2v) is 3.87. The molecule has 1 amide bonds. The van der Waals surface area contributed by atoms with Crippen LogP contribution in [0.25, 0.3) is 0 Å². The Morgan fingerprint density at radius 1 is 1.67 bits per heavy atom. The molecule has 1 fully saturated rings. The molecular weight excluding hydrogens is 198 g/mol. The Balaban J connectivity index is 2.93. The Morgan fingerprint density at radius 2 is 2.27 bits per heavy atom. The lowest BCUT2D eigenvalue weighted by Gasteiger charge is -2.37. The van der Waals surface area contributed by atoms with Gasteiger partial charge in [0.1, 0.15) is 0 Å². The van der Waals surface area contributed by atoms with E-state index in [2.05, 4.69) is 0 Å². The third-order valence-corrected chi connectivity index (χ3v) is 2.91. The van der Waals surface area contributed by atoms with Gasteiger partial charge in [0, 0.05) is 13.2 Å². The Labute approximate surface area is 89.0 Å². The average molecular weight is 215 g/mol. The van der Waals surface area contributed by atoms with Crippen molar-refractivity contribution in [1.82, 2.24) is 4.90 Å². The SMILES string of the molecule is CCC(COC)(C(=O)O)N(C=O)C1CC1. The van der Waals surface area contributed by atoms with E-state index < -0.39 is 11.5 Å². The van der Waals surface area contributed by atoms with Gasteiger partial charge in [0.25, 0.3) is 0 Å². The number of carbonyl (C=O) groups excluding carboxylic acids is 1. The highest BCUT2D eigenvalue weighted by Gasteiger charge is 2.48. The summed E-state index contributed by atoms with van der Waals surface area (Å²) in [7, 11) is 1.45. The van der Waals surface area contributed by atoms with Crippen LogP contribution in [0.2, 0.25) is 0 Å². The number of carboxylic acids is 1. The van der Waals surface area contributed by atoms with Crippen LogP contribution in [0, 0.1) is 0 Å². The first-order chi connectivity index (χ1) is 7.12. The van der Waals surface area contributed by atoms with Crippen LogP contribution in [0.4, 0.5) is 0 Å². The number of amides is 1. The van der Waals surface area contributed by atoms with Gasteiger partial charge in [0.2, 0.25) is 6.41 Å². The van der Waals surface area contributed by atoms with E-state index in [1.54, 1.807) is 6.92 Å². The number of carbonyl (C=O) groups is 2. The minimum absolute atomic E-state index is 0.0358. The predicted octanol–water partition coefficient (Wildman–Crippen LogP) is 0.487. The maximum absolute atomic E-state index is 11.3. The van der Waals surface area contributed by atoms with Gasteiger partial charge in [-0.15, -0.1) is 0 Å². The van der Waals surface area contributed by atoms with Crippen molar-refractivity contribution in [3.05, 3.63) is 0 Å². The fraction of sp³-hybridized carbons (Fsp3) is 0.800. The van der Waals surface area contributed by atoms with Crippen LogP contribution >= 0.6 is 0 Å². The van der Waals surface area contributed by atoms with Crippen LogP contribution in [0.5, 0.6) is 0 Å². The maximum Gasteiger partial charge on any atom is 0.332 e. The summed E-state index contributed by atoms with van der Waals surface area (Å²) >= 11 is 0. The molecule has 1 N–H and O–H groups in total. The Bertz CT molecular complexity index is 252. The molecule has 0 bridgehead atoms. The lowest BCUT2D eigenvalue weighted by Crippen LogP contribution is -2.57. The number of hydrogen-bond donors (Lipinski definition) is 1. The van der Waals surface area contributed by atoms with E-state index in [0.717, 1.165) is 12.8 Å². The second kappa shape index (κ2) is 4.61. The van der Waals surface area contributed by atoms with Gasteiger partial charge >= 0.3 is 5.97 Å². The molecule has 1 rings (SSSR count). The number of carboxylic acid groups (broad SMARTS) is 1. The molecule has 0 radical (unpaired) electrons. The van der Waals surface area contributed by atoms with Crippen molar-refractivity contribution in [3.8, 4) is 0 Å². The largest absolute Gasteiger partial charge is 0.479 e. The van der Waals surface area contributed by atoms with Gasteiger partial charge in [-0.05, 0) is 19.3 Å². The van der Waals surface area contributed by atoms with Gasteiger partial charge < -0.3 is 14.7 Å². The molecule has 0 spiro atoms. The first-order valence-electron chi connectivity index (χ1n) is 5.08. The van der Waals surface area contributed by atoms with Gasteiger partial charge in [-0.25, -0.2) is 4.79 Å². The van der Waals surface area contributed by atoms with Crippen molar-refractivity contribution in [3.63, 3.8) is 0 Å². The van der Waals surface area contributed by atoms with Crippen LogP contribution in [-0.4, -0.2) is 47.7 Å². The van der Waals surface area contributed by atoms with E-state index in [-0.39, 0.29) is 12.6 Å². The summed E-state index contributed by atoms with van der Waals surface area (Å²) in [5, 5.41) is 9.25. The number of aliphatic carboxylic acids is 1. The van der Waals surface area contributed by atoms with Crippen LogP contribution in [-0.2, 0) is 14.3 Å². The van der Waals surface area contributed by atoms with Crippen LogP contribution < -0.4 is 0 Å². The monoisotopic (exact) mass is 215 g/mol. The minimum atomic E-state index is -1.20. The van der Waals surface area contributed by atoms with Crippen molar-refractivity contribution < 1.29 is 19.4 Å². The fourth-order valence-electron chi connectivity index (χ4n) is 1.81. The molecule has 15 heavy (non-hydrogen) atoms. The van der Waals surface area contributed by atoms with Crippen molar-refractivity contribution in [1.29, 1.82) is 0 Å². The van der Waals surface area contributed by atoms with Crippen molar-refractivity contribution >= 4 is 12.4 Å². The molecule has 1 atom stereocenters. The number of hydrogen-bond acceptors (Lipinski definition) is 3. The summed E-state index contributed by atoms with van der Waals surface area (Å²) < 4.78 is 4.94. The smallest absolute Gasteiger partial charge is 0.332 e. The molecule has 0 aromatic heterocycles. The van der Waals surface area contributed by atoms with Crippen molar-refractivity contribution in [2.24, 2.45) is 0 Å². The Morgan fingerprint density at radius 3 is 2.53 bits per heavy atom. The normalized spacial score (nSPS) is 19.3. The highest BCUT2D eigenvalue weighted by molar-refractivity contribution is 5.82. The van der Waals surface area contributed by atoms with E-state index in [9.17, 15) is 14.7 Å². The average Bonchev–Trinajstić information content (AvgIpc) is 3.01. The summed E-state index contributed by atoms with van der Waals surface area (Å²) in [6.45, 7) is 1.79. The molecule has 1 aliphatic rings. The third kappa shape index (κ3) is 2.12. The molecule has 0 aliphatic heterocycles. The second-order valence-electron chi connectivity index (χ2n) is 3.87. The molecule has 1 aliphatic carbocycles.